The van der Waals surface area contributed by atoms with E-state index in [2.05, 4.69) is 12.1 Å². The number of aromatic nitrogens is 2. The lowest BCUT2D eigenvalue weighted by atomic mass is 9.95. The first-order valence-corrected chi connectivity index (χ1v) is 13.3. The molecule has 0 N–H and O–H groups in total. The van der Waals surface area contributed by atoms with E-state index >= 15 is 0 Å². The molecule has 0 saturated heterocycles. The number of aryl methyl sites for hydroxylation is 2. The lowest BCUT2D eigenvalue weighted by Gasteiger charge is -2.29. The minimum Gasteiger partial charge on any atom is -0.467 e. The van der Waals surface area contributed by atoms with Gasteiger partial charge in [-0.05, 0) is 81.1 Å². The minimum absolute atomic E-state index is 0.268. The van der Waals surface area contributed by atoms with Crippen LogP contribution in [0.1, 0.15) is 43.6 Å². The van der Waals surface area contributed by atoms with Crippen LogP contribution in [-0.4, -0.2) is 28.1 Å². The highest BCUT2D eigenvalue weighted by atomic mass is 19.1. The smallest absolute Gasteiger partial charge is 0.339 e. The summed E-state index contributed by atoms with van der Waals surface area (Å²) < 4.78 is 27.1. The number of hydrogen-bond donors (Lipinski definition) is 0. The van der Waals surface area contributed by atoms with Crippen LogP contribution in [0, 0.1) is 19.7 Å². The molecular weight excluding hydrogens is 503 g/mol. The van der Waals surface area contributed by atoms with Crippen molar-refractivity contribution < 1.29 is 18.7 Å². The summed E-state index contributed by atoms with van der Waals surface area (Å²) >= 11 is 0. The Hall–Kier alpha value is -4.29. The summed E-state index contributed by atoms with van der Waals surface area (Å²) in [5.41, 5.74) is 8.25. The molecule has 3 aromatic carbocycles. The molecule has 5 aromatic rings. The Kier molecular flexibility index (Phi) is 7.30. The molecular formula is C34H33FN2O3. The highest BCUT2D eigenvalue weighted by Crippen LogP contribution is 2.38. The van der Waals surface area contributed by atoms with Gasteiger partial charge in [0.1, 0.15) is 11.5 Å². The SMILES string of the molecule is COC(=O)[C@@H](OC(C)(C)C)c1c(C)cc2nc(-c3cccc(-c4ccc(F)cc4)c3)cn2c1-c1ccc(C)cc1. The maximum atomic E-state index is 13.5. The van der Waals surface area contributed by atoms with Gasteiger partial charge in [0.2, 0.25) is 0 Å². The molecule has 5 nitrogen and oxygen atoms in total. The van der Waals surface area contributed by atoms with Crippen LogP contribution in [0.25, 0.3) is 39.3 Å². The zero-order valence-corrected chi connectivity index (χ0v) is 23.7. The molecule has 0 bridgehead atoms. The molecule has 0 aliphatic carbocycles. The number of carbonyl (C=O) groups is 1. The molecule has 1 atom stereocenters. The summed E-state index contributed by atoms with van der Waals surface area (Å²) in [5.74, 6) is -0.728. The Morgan fingerprint density at radius 2 is 1.52 bits per heavy atom. The van der Waals surface area contributed by atoms with E-state index in [9.17, 15) is 9.18 Å². The van der Waals surface area contributed by atoms with E-state index in [1.807, 2.05) is 87.7 Å². The van der Waals surface area contributed by atoms with Crippen LogP contribution in [0.15, 0.2) is 85.1 Å². The summed E-state index contributed by atoms with van der Waals surface area (Å²) in [6.07, 6.45) is 1.06. The highest BCUT2D eigenvalue weighted by Gasteiger charge is 2.33. The number of esters is 1. The molecule has 0 aliphatic heterocycles. The zero-order chi connectivity index (χ0) is 28.6. The Morgan fingerprint density at radius 1 is 0.875 bits per heavy atom. The minimum atomic E-state index is -0.932. The van der Waals surface area contributed by atoms with E-state index < -0.39 is 17.7 Å². The number of ether oxygens (including phenoxy) is 2. The van der Waals surface area contributed by atoms with Crippen molar-refractivity contribution >= 4 is 11.6 Å². The van der Waals surface area contributed by atoms with Gasteiger partial charge in [-0.3, -0.25) is 4.40 Å². The van der Waals surface area contributed by atoms with Crippen molar-refractivity contribution in [2.75, 3.05) is 7.11 Å². The topological polar surface area (TPSA) is 52.8 Å². The van der Waals surface area contributed by atoms with E-state index in [4.69, 9.17) is 14.5 Å². The van der Waals surface area contributed by atoms with Gasteiger partial charge in [-0.15, -0.1) is 0 Å². The molecule has 204 valence electrons. The molecule has 40 heavy (non-hydrogen) atoms. The average molecular weight is 537 g/mol. The van der Waals surface area contributed by atoms with Crippen molar-refractivity contribution in [3.63, 3.8) is 0 Å². The first-order valence-electron chi connectivity index (χ1n) is 13.3. The third-order valence-electron chi connectivity index (χ3n) is 6.81. The fourth-order valence-electron chi connectivity index (χ4n) is 4.93. The monoisotopic (exact) mass is 536 g/mol. The Labute approximate surface area is 234 Å². The fourth-order valence-corrected chi connectivity index (χ4v) is 4.93. The Morgan fingerprint density at radius 3 is 2.17 bits per heavy atom. The molecule has 2 aromatic heterocycles. The van der Waals surface area contributed by atoms with Gasteiger partial charge in [-0.1, -0.05) is 60.2 Å². The van der Waals surface area contributed by atoms with Gasteiger partial charge in [0, 0.05) is 17.3 Å². The van der Waals surface area contributed by atoms with Crippen LogP contribution < -0.4 is 0 Å². The van der Waals surface area contributed by atoms with Crippen molar-refractivity contribution in [2.45, 2.75) is 46.3 Å². The van der Waals surface area contributed by atoms with Crippen molar-refractivity contribution in [1.82, 2.24) is 9.38 Å². The van der Waals surface area contributed by atoms with E-state index in [1.54, 1.807) is 12.1 Å². The predicted octanol–water partition coefficient (Wildman–Crippen LogP) is 8.12. The number of hydrogen-bond acceptors (Lipinski definition) is 4. The second-order valence-corrected chi connectivity index (χ2v) is 11.0. The predicted molar refractivity (Wildman–Crippen MR) is 157 cm³/mol. The van der Waals surface area contributed by atoms with E-state index in [0.717, 1.165) is 56.0 Å². The molecule has 0 aliphatic rings. The van der Waals surface area contributed by atoms with Crippen LogP contribution >= 0.6 is 0 Å². The van der Waals surface area contributed by atoms with Gasteiger partial charge >= 0.3 is 5.97 Å². The van der Waals surface area contributed by atoms with Crippen molar-refractivity contribution in [2.24, 2.45) is 0 Å². The standard InChI is InChI=1S/C34H33FN2O3/c1-21-10-12-24(13-11-21)31-30(32(33(38)39-6)40-34(3,4)5)22(2)18-29-36-28(20-37(29)31)26-9-7-8-25(19-26)23-14-16-27(35)17-15-23/h7-20,32H,1-6H3/t32-/m0/s1. The number of rotatable bonds is 6. The number of fused-ring (bicyclic) bond motifs is 1. The fraction of sp³-hybridized carbons (Fsp3) is 0.235. The Bertz CT molecular complexity index is 1680. The number of nitrogens with zero attached hydrogens (tertiary/aromatic N) is 2. The number of benzene rings is 3. The van der Waals surface area contributed by atoms with E-state index in [0.29, 0.717) is 0 Å². The zero-order valence-electron chi connectivity index (χ0n) is 23.7. The van der Waals surface area contributed by atoms with Crippen molar-refractivity contribution in [3.05, 3.63) is 108 Å². The van der Waals surface area contributed by atoms with Gasteiger partial charge in [0.05, 0.1) is 24.1 Å². The van der Waals surface area contributed by atoms with Crippen molar-refractivity contribution in [3.8, 4) is 33.6 Å². The maximum absolute atomic E-state index is 13.5. The normalized spacial score (nSPS) is 12.5. The van der Waals surface area contributed by atoms with Crippen molar-refractivity contribution in [1.29, 1.82) is 0 Å². The van der Waals surface area contributed by atoms with Gasteiger partial charge in [-0.2, -0.15) is 0 Å². The number of imidazole rings is 1. The van der Waals surface area contributed by atoms with Gasteiger partial charge < -0.3 is 9.47 Å². The van der Waals surface area contributed by atoms with Crippen LogP contribution in [-0.2, 0) is 14.3 Å². The number of methoxy groups -OCH3 is 1. The molecule has 2 heterocycles. The maximum Gasteiger partial charge on any atom is 0.339 e. The molecule has 0 saturated carbocycles. The average Bonchev–Trinajstić information content (AvgIpc) is 3.35. The number of carbonyl (C=O) groups excluding carboxylic acids is 1. The molecule has 0 fully saturated rings. The molecule has 6 heteroatoms. The number of halogens is 1. The van der Waals surface area contributed by atoms with Crippen LogP contribution in [0.2, 0.25) is 0 Å². The first-order chi connectivity index (χ1) is 19.0. The Balaban J connectivity index is 1.73. The summed E-state index contributed by atoms with van der Waals surface area (Å²) in [7, 11) is 1.38. The van der Waals surface area contributed by atoms with Gasteiger partial charge in [-0.25, -0.2) is 14.2 Å². The second-order valence-electron chi connectivity index (χ2n) is 11.0. The molecule has 0 radical (unpaired) electrons. The summed E-state index contributed by atoms with van der Waals surface area (Å²) in [6.45, 7) is 9.78. The first kappa shape index (κ1) is 27.3. The molecule has 5 rings (SSSR count). The quantitative estimate of drug-likeness (QED) is 0.206. The highest BCUT2D eigenvalue weighted by molar-refractivity contribution is 5.83. The second kappa shape index (κ2) is 10.7. The lowest BCUT2D eigenvalue weighted by molar-refractivity contribution is -0.164. The lowest BCUT2D eigenvalue weighted by Crippen LogP contribution is -2.29. The molecule has 0 spiro atoms. The van der Waals surface area contributed by atoms with E-state index in [-0.39, 0.29) is 5.82 Å². The van der Waals surface area contributed by atoms with Gasteiger partial charge in [0.15, 0.2) is 6.10 Å². The van der Waals surface area contributed by atoms with Gasteiger partial charge in [0.25, 0.3) is 0 Å². The molecule has 0 unspecified atom stereocenters. The third kappa shape index (κ3) is 5.54. The largest absolute Gasteiger partial charge is 0.467 e. The third-order valence-corrected chi connectivity index (χ3v) is 6.81. The summed E-state index contributed by atoms with van der Waals surface area (Å²) in [4.78, 5) is 18.1. The van der Waals surface area contributed by atoms with Crippen LogP contribution in [0.3, 0.4) is 0 Å². The van der Waals surface area contributed by atoms with Crippen LogP contribution in [0.4, 0.5) is 4.39 Å². The summed E-state index contributed by atoms with van der Waals surface area (Å²) in [5, 5.41) is 0. The van der Waals surface area contributed by atoms with E-state index in [1.165, 1.54) is 19.2 Å². The summed E-state index contributed by atoms with van der Waals surface area (Å²) in [6, 6.07) is 24.7. The van der Waals surface area contributed by atoms with Crippen LogP contribution in [0.5, 0.6) is 0 Å². The number of pyridine rings is 1. The molecule has 0 amide bonds.